The van der Waals surface area contributed by atoms with E-state index in [0.29, 0.717) is 12.2 Å². The third-order valence-corrected chi connectivity index (χ3v) is 4.86. The van der Waals surface area contributed by atoms with Gasteiger partial charge in [-0.05, 0) is 30.2 Å². The van der Waals surface area contributed by atoms with Gasteiger partial charge in [0.15, 0.2) is 9.84 Å². The third-order valence-electron chi connectivity index (χ3n) is 3.75. The highest BCUT2D eigenvalue weighted by molar-refractivity contribution is 7.90. The van der Waals surface area contributed by atoms with Gasteiger partial charge in [0.25, 0.3) is 5.69 Å². The van der Waals surface area contributed by atoms with Crippen molar-refractivity contribution < 1.29 is 13.3 Å². The second-order valence-corrected chi connectivity index (χ2v) is 7.23. The van der Waals surface area contributed by atoms with E-state index in [2.05, 4.69) is 0 Å². The number of para-hydroxylation sites is 1. The first-order valence-corrected chi connectivity index (χ1v) is 8.61. The van der Waals surface area contributed by atoms with Gasteiger partial charge in [-0.1, -0.05) is 18.2 Å². The van der Waals surface area contributed by atoms with Gasteiger partial charge in [-0.15, -0.1) is 0 Å². The van der Waals surface area contributed by atoms with E-state index in [0.717, 1.165) is 30.0 Å². The Morgan fingerprint density at radius 1 is 1.14 bits per heavy atom. The molecule has 0 fully saturated rings. The lowest BCUT2D eigenvalue weighted by atomic mass is 10.2. The van der Waals surface area contributed by atoms with E-state index in [1.165, 1.54) is 12.1 Å². The van der Waals surface area contributed by atoms with Gasteiger partial charge < -0.3 is 4.90 Å². The molecule has 1 aliphatic heterocycles. The summed E-state index contributed by atoms with van der Waals surface area (Å²) >= 11 is 0. The predicted octanol–water partition coefficient (Wildman–Crippen LogP) is 2.69. The molecular formula is C15H14N2O4S. The standard InChI is InChI=1S/C15H14N2O4S/c1-22(20,21)12-6-7-14(15(10-12)17(18)19)16-9-8-11-4-2-3-5-13(11)16/h2-7,10H,8-9H2,1H3. The maximum Gasteiger partial charge on any atom is 0.294 e. The van der Waals surface area contributed by atoms with Crippen LogP contribution in [-0.2, 0) is 16.3 Å². The van der Waals surface area contributed by atoms with Crippen molar-refractivity contribution in [2.24, 2.45) is 0 Å². The quantitative estimate of drug-likeness (QED) is 0.642. The second kappa shape index (κ2) is 5.10. The number of hydrogen-bond donors (Lipinski definition) is 0. The van der Waals surface area contributed by atoms with Crippen LogP contribution in [0, 0.1) is 10.1 Å². The maximum atomic E-state index is 11.6. The Morgan fingerprint density at radius 2 is 1.86 bits per heavy atom. The van der Waals surface area contributed by atoms with Crippen LogP contribution in [0.2, 0.25) is 0 Å². The Morgan fingerprint density at radius 3 is 2.55 bits per heavy atom. The lowest BCUT2D eigenvalue weighted by Crippen LogP contribution is -2.15. The summed E-state index contributed by atoms with van der Waals surface area (Å²) < 4.78 is 23.2. The van der Waals surface area contributed by atoms with Crippen LogP contribution in [0.25, 0.3) is 0 Å². The summed E-state index contributed by atoms with van der Waals surface area (Å²) in [6.07, 6.45) is 1.85. The van der Waals surface area contributed by atoms with Gasteiger partial charge >= 0.3 is 0 Å². The van der Waals surface area contributed by atoms with E-state index in [-0.39, 0.29) is 10.6 Å². The topological polar surface area (TPSA) is 80.5 Å². The average Bonchev–Trinajstić information content (AvgIpc) is 2.89. The smallest absolute Gasteiger partial charge is 0.294 e. The van der Waals surface area contributed by atoms with Crippen molar-refractivity contribution >= 4 is 26.9 Å². The Bertz CT molecular complexity index is 862. The fourth-order valence-electron chi connectivity index (χ4n) is 2.70. The van der Waals surface area contributed by atoms with Crippen LogP contribution < -0.4 is 4.90 Å². The summed E-state index contributed by atoms with van der Waals surface area (Å²) in [6.45, 7) is 0.637. The maximum absolute atomic E-state index is 11.6. The van der Waals surface area contributed by atoms with Crippen molar-refractivity contribution in [2.75, 3.05) is 17.7 Å². The Balaban J connectivity index is 2.15. The SMILES string of the molecule is CS(=O)(=O)c1ccc(N2CCc3ccccc32)c([N+](=O)[O-])c1. The molecule has 0 N–H and O–H groups in total. The molecule has 0 unspecified atom stereocenters. The summed E-state index contributed by atoms with van der Waals surface area (Å²) in [4.78, 5) is 12.6. The van der Waals surface area contributed by atoms with Crippen molar-refractivity contribution in [3.8, 4) is 0 Å². The average molecular weight is 318 g/mol. The van der Waals surface area contributed by atoms with Gasteiger partial charge in [-0.3, -0.25) is 10.1 Å². The molecule has 2 aromatic rings. The van der Waals surface area contributed by atoms with Crippen LogP contribution >= 0.6 is 0 Å². The predicted molar refractivity (Wildman–Crippen MR) is 83.4 cm³/mol. The molecule has 6 nitrogen and oxygen atoms in total. The van der Waals surface area contributed by atoms with E-state index >= 15 is 0 Å². The van der Waals surface area contributed by atoms with Crippen molar-refractivity contribution in [1.82, 2.24) is 0 Å². The molecule has 0 amide bonds. The number of sulfone groups is 1. The fourth-order valence-corrected chi connectivity index (χ4v) is 3.34. The van der Waals surface area contributed by atoms with Gasteiger partial charge in [0.2, 0.25) is 0 Å². The van der Waals surface area contributed by atoms with Crippen LogP contribution in [0.1, 0.15) is 5.56 Å². The van der Waals surface area contributed by atoms with Gasteiger partial charge in [-0.2, -0.15) is 0 Å². The summed E-state index contributed by atoms with van der Waals surface area (Å²) in [7, 11) is -3.48. The van der Waals surface area contributed by atoms with E-state index in [9.17, 15) is 18.5 Å². The summed E-state index contributed by atoms with van der Waals surface area (Å²) in [5.74, 6) is 0. The second-order valence-electron chi connectivity index (χ2n) is 5.21. The number of nitro benzene ring substituents is 1. The molecule has 0 bridgehead atoms. The molecule has 0 aromatic heterocycles. The summed E-state index contributed by atoms with van der Waals surface area (Å²) in [5, 5.41) is 11.4. The largest absolute Gasteiger partial charge is 0.335 e. The molecule has 0 saturated heterocycles. The molecule has 1 heterocycles. The molecule has 1 aliphatic rings. The Hall–Kier alpha value is -2.41. The molecule has 7 heteroatoms. The normalized spacial score (nSPS) is 14.0. The number of rotatable bonds is 3. The van der Waals surface area contributed by atoms with Crippen molar-refractivity contribution in [1.29, 1.82) is 0 Å². The van der Waals surface area contributed by atoms with E-state index in [1.54, 1.807) is 0 Å². The Labute approximate surface area is 128 Å². The van der Waals surface area contributed by atoms with Crippen LogP contribution in [0.15, 0.2) is 47.4 Å². The van der Waals surface area contributed by atoms with Crippen molar-refractivity contribution in [3.63, 3.8) is 0 Å². The number of anilines is 2. The first-order chi connectivity index (χ1) is 10.4. The molecule has 0 aliphatic carbocycles. The monoisotopic (exact) mass is 318 g/mol. The molecule has 2 aromatic carbocycles. The van der Waals surface area contributed by atoms with Gasteiger partial charge in [0.05, 0.1) is 9.82 Å². The molecule has 0 radical (unpaired) electrons. The first kappa shape index (κ1) is 14.5. The number of benzene rings is 2. The third kappa shape index (κ3) is 2.43. The zero-order chi connectivity index (χ0) is 15.9. The zero-order valence-electron chi connectivity index (χ0n) is 11.9. The molecule has 22 heavy (non-hydrogen) atoms. The molecular weight excluding hydrogens is 304 g/mol. The van der Waals surface area contributed by atoms with E-state index < -0.39 is 14.8 Å². The number of fused-ring (bicyclic) bond motifs is 1. The summed E-state index contributed by atoms with van der Waals surface area (Å²) in [5.41, 5.74) is 2.28. The number of nitro groups is 1. The fraction of sp³-hybridized carbons (Fsp3) is 0.200. The summed E-state index contributed by atoms with van der Waals surface area (Å²) in [6, 6.07) is 11.8. The molecule has 0 spiro atoms. The number of hydrogen-bond acceptors (Lipinski definition) is 5. The lowest BCUT2D eigenvalue weighted by Gasteiger charge is -2.19. The highest BCUT2D eigenvalue weighted by Gasteiger charge is 2.27. The minimum Gasteiger partial charge on any atom is -0.335 e. The van der Waals surface area contributed by atoms with E-state index in [4.69, 9.17) is 0 Å². The van der Waals surface area contributed by atoms with Crippen LogP contribution in [0.3, 0.4) is 0 Å². The molecule has 114 valence electrons. The van der Waals surface area contributed by atoms with E-state index in [1.807, 2.05) is 29.2 Å². The minimum absolute atomic E-state index is 0.0459. The molecule has 0 saturated carbocycles. The van der Waals surface area contributed by atoms with Gasteiger partial charge in [0, 0.05) is 24.6 Å². The Kier molecular flexibility index (Phi) is 3.37. The van der Waals surface area contributed by atoms with Crippen LogP contribution in [0.4, 0.5) is 17.1 Å². The van der Waals surface area contributed by atoms with Gasteiger partial charge in [0.1, 0.15) is 5.69 Å². The zero-order valence-corrected chi connectivity index (χ0v) is 12.7. The highest BCUT2D eigenvalue weighted by Crippen LogP contribution is 2.39. The molecule has 0 atom stereocenters. The van der Waals surface area contributed by atoms with Gasteiger partial charge in [-0.25, -0.2) is 8.42 Å². The van der Waals surface area contributed by atoms with Crippen molar-refractivity contribution in [2.45, 2.75) is 11.3 Å². The lowest BCUT2D eigenvalue weighted by molar-refractivity contribution is -0.384. The number of nitrogens with zero attached hydrogens (tertiary/aromatic N) is 2. The van der Waals surface area contributed by atoms with Crippen molar-refractivity contribution in [3.05, 3.63) is 58.1 Å². The first-order valence-electron chi connectivity index (χ1n) is 6.72. The van der Waals surface area contributed by atoms with Crippen LogP contribution in [-0.4, -0.2) is 26.1 Å². The van der Waals surface area contributed by atoms with Crippen LogP contribution in [0.5, 0.6) is 0 Å². The molecule has 3 rings (SSSR count). The minimum atomic E-state index is -3.48. The highest BCUT2D eigenvalue weighted by atomic mass is 32.2.